The molecule has 12 heavy (non-hydrogen) atoms. The lowest BCUT2D eigenvalue weighted by atomic mass is 9.97. The average Bonchev–Trinajstić information content (AvgIpc) is 2.49. The van der Waals surface area contributed by atoms with Gasteiger partial charge < -0.3 is 0 Å². The predicted molar refractivity (Wildman–Crippen MR) is 46.3 cm³/mol. The lowest BCUT2D eigenvalue weighted by Crippen LogP contribution is -2.32. The molecule has 2 atom stereocenters. The topological polar surface area (TPSA) is 24.1 Å². The van der Waals surface area contributed by atoms with Crippen LogP contribution in [0.5, 0.6) is 0 Å². The van der Waals surface area contributed by atoms with Crippen LogP contribution in [-0.2, 0) is 0 Å². The molecule has 0 saturated carbocycles. The molecule has 1 heterocycles. The number of hydrogen-bond acceptors (Lipinski definition) is 2. The van der Waals surface area contributed by atoms with E-state index in [0.29, 0.717) is 6.04 Å². The summed E-state index contributed by atoms with van der Waals surface area (Å²) in [6.45, 7) is 2.74. The molecule has 2 nitrogen and oxygen atoms in total. The third kappa shape index (κ3) is 1.19. The van der Waals surface area contributed by atoms with E-state index in [-0.39, 0.29) is 11.9 Å². The fourth-order valence-electron chi connectivity index (χ4n) is 1.72. The van der Waals surface area contributed by atoms with Crippen molar-refractivity contribution in [2.45, 2.75) is 25.4 Å². The molecule has 66 valence electrons. The molecule has 1 aliphatic heterocycles. The van der Waals surface area contributed by atoms with Crippen molar-refractivity contribution in [1.29, 1.82) is 0 Å². The van der Waals surface area contributed by atoms with Crippen molar-refractivity contribution in [3.05, 3.63) is 23.6 Å². The Bertz CT molecular complexity index is 245. The molecule has 2 unspecified atom stereocenters. The summed E-state index contributed by atoms with van der Waals surface area (Å²) in [5.74, 6) is -0.0602. The van der Waals surface area contributed by atoms with Crippen molar-refractivity contribution in [3.8, 4) is 0 Å². The van der Waals surface area contributed by atoms with E-state index >= 15 is 0 Å². The Kier molecular flexibility index (Phi) is 1.98. The molecule has 2 aliphatic rings. The molecule has 0 spiro atoms. The largest absolute Gasteiger partial charge is 0.296 e. The third-order valence-electron chi connectivity index (χ3n) is 2.46. The summed E-state index contributed by atoms with van der Waals surface area (Å²) in [6.07, 6.45) is 4.43. The number of hydrogen-bond donors (Lipinski definition) is 2. The maximum Gasteiger partial charge on any atom is 0.123 e. The van der Waals surface area contributed by atoms with Crippen LogP contribution in [0.15, 0.2) is 23.6 Å². The van der Waals surface area contributed by atoms with Gasteiger partial charge in [-0.2, -0.15) is 0 Å². The second-order valence-electron chi connectivity index (χ2n) is 3.20. The zero-order valence-corrected chi connectivity index (χ0v) is 7.10. The summed E-state index contributed by atoms with van der Waals surface area (Å²) in [4.78, 5) is 0. The second-order valence-corrected chi connectivity index (χ2v) is 3.20. The van der Waals surface area contributed by atoms with E-state index in [4.69, 9.17) is 0 Å². The smallest absolute Gasteiger partial charge is 0.123 e. The van der Waals surface area contributed by atoms with Crippen LogP contribution in [0.3, 0.4) is 0 Å². The van der Waals surface area contributed by atoms with E-state index in [9.17, 15) is 4.39 Å². The third-order valence-corrected chi connectivity index (χ3v) is 2.46. The molecule has 2 rings (SSSR count). The van der Waals surface area contributed by atoms with Crippen LogP contribution in [0, 0.1) is 0 Å². The molecule has 0 amide bonds. The van der Waals surface area contributed by atoms with Gasteiger partial charge in [-0.1, -0.05) is 13.0 Å². The van der Waals surface area contributed by atoms with Gasteiger partial charge in [0, 0.05) is 18.8 Å². The highest BCUT2D eigenvalue weighted by Gasteiger charge is 2.27. The normalized spacial score (nSPS) is 34.2. The van der Waals surface area contributed by atoms with Crippen LogP contribution in [0.2, 0.25) is 0 Å². The number of nitrogens with one attached hydrogen (secondary N) is 2. The first-order chi connectivity index (χ1) is 5.81. The maximum atomic E-state index is 13.2. The molecular weight excluding hydrogens is 155 g/mol. The molecule has 0 aromatic heterocycles. The second kappa shape index (κ2) is 2.99. The molecule has 2 N–H and O–H groups in total. The number of allylic oxidation sites excluding steroid dienone is 2. The molecule has 0 aromatic rings. The van der Waals surface area contributed by atoms with Crippen LogP contribution in [0.25, 0.3) is 0 Å². The lowest BCUT2D eigenvalue weighted by Gasteiger charge is -2.19. The van der Waals surface area contributed by atoms with Crippen molar-refractivity contribution in [2.75, 3.05) is 6.67 Å². The van der Waals surface area contributed by atoms with Crippen LogP contribution in [-0.4, -0.2) is 18.8 Å². The van der Waals surface area contributed by atoms with Crippen molar-refractivity contribution in [1.82, 2.24) is 10.6 Å². The molecule has 0 aromatic carbocycles. The van der Waals surface area contributed by atoms with Crippen LogP contribution >= 0.6 is 0 Å². The van der Waals surface area contributed by atoms with E-state index < -0.39 is 0 Å². The fourth-order valence-corrected chi connectivity index (χ4v) is 1.72. The standard InChI is InChI=1S/C9H13FN2/c1-2-6-3-8-9(4-7(6)10)12-5-11-8/h3-4,8-9,11-12H,2,5H2,1H3. The minimum absolute atomic E-state index is 0.0602. The van der Waals surface area contributed by atoms with Crippen LogP contribution in [0.4, 0.5) is 4.39 Å². The van der Waals surface area contributed by atoms with Crippen molar-refractivity contribution < 1.29 is 4.39 Å². The first kappa shape index (κ1) is 7.95. The summed E-state index contributed by atoms with van der Waals surface area (Å²) < 4.78 is 13.2. The Morgan fingerprint density at radius 1 is 1.42 bits per heavy atom. The Balaban J connectivity index is 2.23. The quantitative estimate of drug-likeness (QED) is 0.612. The van der Waals surface area contributed by atoms with Crippen LogP contribution < -0.4 is 10.6 Å². The molecule has 1 saturated heterocycles. The van der Waals surface area contributed by atoms with Crippen molar-refractivity contribution in [2.24, 2.45) is 0 Å². The maximum absolute atomic E-state index is 13.2. The number of rotatable bonds is 1. The summed E-state index contributed by atoms with van der Waals surface area (Å²) >= 11 is 0. The molecule has 0 bridgehead atoms. The Labute approximate surface area is 71.5 Å². The first-order valence-electron chi connectivity index (χ1n) is 4.36. The highest BCUT2D eigenvalue weighted by atomic mass is 19.1. The molecular formula is C9H13FN2. The van der Waals surface area contributed by atoms with E-state index in [0.717, 1.165) is 18.7 Å². The van der Waals surface area contributed by atoms with E-state index in [2.05, 4.69) is 10.6 Å². The summed E-state index contributed by atoms with van der Waals surface area (Å²) in [5, 5.41) is 6.41. The number of fused-ring (bicyclic) bond motifs is 1. The monoisotopic (exact) mass is 168 g/mol. The molecule has 3 heteroatoms. The minimum atomic E-state index is -0.0602. The summed E-state index contributed by atoms with van der Waals surface area (Å²) in [7, 11) is 0. The van der Waals surface area contributed by atoms with Gasteiger partial charge in [0.05, 0.1) is 0 Å². The minimum Gasteiger partial charge on any atom is -0.296 e. The summed E-state index contributed by atoms with van der Waals surface area (Å²) in [5.41, 5.74) is 0.826. The van der Waals surface area contributed by atoms with Crippen LogP contribution in [0.1, 0.15) is 13.3 Å². The van der Waals surface area contributed by atoms with Crippen molar-refractivity contribution in [3.63, 3.8) is 0 Å². The predicted octanol–water partition coefficient (Wildman–Crippen LogP) is 1.08. The van der Waals surface area contributed by atoms with E-state index in [1.807, 2.05) is 13.0 Å². The van der Waals surface area contributed by atoms with Gasteiger partial charge in [-0.25, -0.2) is 4.39 Å². The van der Waals surface area contributed by atoms with Gasteiger partial charge in [0.25, 0.3) is 0 Å². The van der Waals surface area contributed by atoms with Gasteiger partial charge in [0.1, 0.15) is 5.83 Å². The summed E-state index contributed by atoms with van der Waals surface area (Å²) in [6, 6.07) is 0.444. The van der Waals surface area contributed by atoms with Gasteiger partial charge >= 0.3 is 0 Å². The Morgan fingerprint density at radius 3 is 2.75 bits per heavy atom. The van der Waals surface area contributed by atoms with Gasteiger partial charge in [-0.3, -0.25) is 10.6 Å². The SMILES string of the molecule is CCC1=CC2NCNC2C=C1F. The molecule has 1 aliphatic carbocycles. The van der Waals surface area contributed by atoms with Gasteiger partial charge in [0.15, 0.2) is 0 Å². The highest BCUT2D eigenvalue weighted by Crippen LogP contribution is 2.24. The number of halogens is 1. The molecule has 0 radical (unpaired) electrons. The van der Waals surface area contributed by atoms with Gasteiger partial charge in [0.2, 0.25) is 0 Å². The van der Waals surface area contributed by atoms with Gasteiger partial charge in [-0.05, 0) is 18.1 Å². The zero-order valence-electron chi connectivity index (χ0n) is 7.10. The van der Waals surface area contributed by atoms with E-state index in [1.165, 1.54) is 0 Å². The van der Waals surface area contributed by atoms with E-state index in [1.54, 1.807) is 6.08 Å². The fraction of sp³-hybridized carbons (Fsp3) is 0.556. The lowest BCUT2D eigenvalue weighted by molar-refractivity contribution is 0.580. The highest BCUT2D eigenvalue weighted by molar-refractivity contribution is 5.35. The zero-order chi connectivity index (χ0) is 8.55. The van der Waals surface area contributed by atoms with Crippen molar-refractivity contribution >= 4 is 0 Å². The van der Waals surface area contributed by atoms with Gasteiger partial charge in [-0.15, -0.1) is 0 Å². The Morgan fingerprint density at radius 2 is 2.08 bits per heavy atom. The molecule has 1 fully saturated rings. The first-order valence-corrected chi connectivity index (χ1v) is 4.36. The Hall–Kier alpha value is -0.670. The average molecular weight is 168 g/mol.